The monoisotopic (exact) mass is 276 g/mol. The van der Waals surface area contributed by atoms with E-state index in [1.165, 1.54) is 5.56 Å². The van der Waals surface area contributed by atoms with Crippen LogP contribution in [0.25, 0.3) is 0 Å². The van der Waals surface area contributed by atoms with E-state index in [9.17, 15) is 0 Å². The number of para-hydroxylation sites is 1. The number of anilines is 1. The van der Waals surface area contributed by atoms with Crippen molar-refractivity contribution in [3.8, 4) is 0 Å². The second kappa shape index (κ2) is 4.63. The van der Waals surface area contributed by atoms with Crippen LogP contribution in [0.5, 0.6) is 0 Å². The number of aliphatic imine (C=N–C) groups is 1. The minimum Gasteiger partial charge on any atom is -0.340 e. The van der Waals surface area contributed by atoms with Crippen molar-refractivity contribution in [1.82, 2.24) is 0 Å². The van der Waals surface area contributed by atoms with Crippen molar-refractivity contribution in [2.24, 2.45) is 4.99 Å². The van der Waals surface area contributed by atoms with Crippen molar-refractivity contribution >= 4 is 34.7 Å². The first kappa shape index (κ1) is 11.6. The summed E-state index contributed by atoms with van der Waals surface area (Å²) in [6.07, 6.45) is 0. The van der Waals surface area contributed by atoms with Crippen LogP contribution < -0.4 is 5.32 Å². The van der Waals surface area contributed by atoms with Gasteiger partial charge in [-0.25, -0.2) is 0 Å². The Morgan fingerprint density at radius 1 is 1.00 bits per heavy atom. The standard InChI is InChI=1S/C14H10Cl2N2/c15-11-6-5-9(7-12(11)16)14-17-8-10-3-1-2-4-13(10)18-14/h1-7H,8H2,(H,17,18). The summed E-state index contributed by atoms with van der Waals surface area (Å²) in [6, 6.07) is 13.6. The van der Waals surface area contributed by atoms with Gasteiger partial charge in [-0.2, -0.15) is 0 Å². The Balaban J connectivity index is 1.95. The molecule has 0 atom stereocenters. The molecule has 1 heterocycles. The van der Waals surface area contributed by atoms with Gasteiger partial charge in [-0.15, -0.1) is 0 Å². The molecule has 0 amide bonds. The Labute approximate surface area is 115 Å². The van der Waals surface area contributed by atoms with Gasteiger partial charge in [0.25, 0.3) is 0 Å². The van der Waals surface area contributed by atoms with Gasteiger partial charge in [0.15, 0.2) is 0 Å². The van der Waals surface area contributed by atoms with E-state index in [1.54, 1.807) is 6.07 Å². The number of nitrogens with zero attached hydrogens (tertiary/aromatic N) is 1. The zero-order valence-corrected chi connectivity index (χ0v) is 11.0. The molecule has 0 spiro atoms. The predicted molar refractivity (Wildman–Crippen MR) is 76.8 cm³/mol. The maximum absolute atomic E-state index is 6.02. The maximum atomic E-state index is 6.02. The van der Waals surface area contributed by atoms with Gasteiger partial charge < -0.3 is 5.32 Å². The summed E-state index contributed by atoms with van der Waals surface area (Å²) >= 11 is 11.9. The van der Waals surface area contributed by atoms with Crippen LogP contribution in [-0.4, -0.2) is 5.84 Å². The third-order valence-electron chi connectivity index (χ3n) is 2.87. The second-order valence-corrected chi connectivity index (χ2v) is 4.89. The summed E-state index contributed by atoms with van der Waals surface area (Å²) in [5.74, 6) is 0.826. The third-order valence-corrected chi connectivity index (χ3v) is 3.61. The van der Waals surface area contributed by atoms with Gasteiger partial charge in [0.2, 0.25) is 0 Å². The predicted octanol–water partition coefficient (Wildman–Crippen LogP) is 4.37. The molecule has 2 aromatic rings. The number of benzene rings is 2. The molecule has 1 aliphatic rings. The van der Waals surface area contributed by atoms with Gasteiger partial charge in [-0.1, -0.05) is 41.4 Å². The lowest BCUT2D eigenvalue weighted by Crippen LogP contribution is -2.18. The van der Waals surface area contributed by atoms with E-state index in [-0.39, 0.29) is 0 Å². The van der Waals surface area contributed by atoms with Gasteiger partial charge in [0, 0.05) is 11.3 Å². The molecular weight excluding hydrogens is 267 g/mol. The summed E-state index contributed by atoms with van der Waals surface area (Å²) in [4.78, 5) is 4.52. The van der Waals surface area contributed by atoms with Gasteiger partial charge in [0.05, 0.1) is 16.6 Å². The van der Waals surface area contributed by atoms with Gasteiger partial charge in [-0.05, 0) is 29.8 Å². The van der Waals surface area contributed by atoms with E-state index >= 15 is 0 Å². The quantitative estimate of drug-likeness (QED) is 0.822. The first-order valence-electron chi connectivity index (χ1n) is 5.59. The van der Waals surface area contributed by atoms with E-state index < -0.39 is 0 Å². The van der Waals surface area contributed by atoms with Crippen LogP contribution in [0.1, 0.15) is 11.1 Å². The van der Waals surface area contributed by atoms with Crippen LogP contribution in [0, 0.1) is 0 Å². The molecule has 2 nitrogen and oxygen atoms in total. The van der Waals surface area contributed by atoms with Crippen molar-refractivity contribution in [2.45, 2.75) is 6.54 Å². The van der Waals surface area contributed by atoms with Crippen molar-refractivity contribution in [2.75, 3.05) is 5.32 Å². The molecule has 90 valence electrons. The molecule has 0 saturated heterocycles. The highest BCUT2D eigenvalue weighted by atomic mass is 35.5. The molecule has 0 unspecified atom stereocenters. The van der Waals surface area contributed by atoms with Crippen molar-refractivity contribution in [3.05, 3.63) is 63.6 Å². The highest BCUT2D eigenvalue weighted by molar-refractivity contribution is 6.42. The first-order valence-corrected chi connectivity index (χ1v) is 6.34. The van der Waals surface area contributed by atoms with Crippen LogP contribution in [0.4, 0.5) is 5.69 Å². The molecule has 0 aliphatic carbocycles. The lowest BCUT2D eigenvalue weighted by molar-refractivity contribution is 1.05. The van der Waals surface area contributed by atoms with E-state index in [0.717, 1.165) is 17.1 Å². The van der Waals surface area contributed by atoms with Gasteiger partial charge in [-0.3, -0.25) is 4.99 Å². The fourth-order valence-electron chi connectivity index (χ4n) is 1.92. The molecule has 18 heavy (non-hydrogen) atoms. The van der Waals surface area contributed by atoms with Gasteiger partial charge in [0.1, 0.15) is 5.84 Å². The summed E-state index contributed by atoms with van der Waals surface area (Å²) in [7, 11) is 0. The molecule has 3 rings (SSSR count). The van der Waals surface area contributed by atoms with Crippen LogP contribution in [0.2, 0.25) is 10.0 Å². The largest absolute Gasteiger partial charge is 0.340 e. The minimum atomic E-state index is 0.539. The highest BCUT2D eigenvalue weighted by Crippen LogP contribution is 2.26. The summed E-state index contributed by atoms with van der Waals surface area (Å²) in [6.45, 7) is 0.679. The number of nitrogens with one attached hydrogen (secondary N) is 1. The SMILES string of the molecule is Clc1ccc(C2=NCc3ccccc3N2)cc1Cl. The number of fused-ring (bicyclic) bond motifs is 1. The molecule has 0 bridgehead atoms. The number of halogens is 2. The Morgan fingerprint density at radius 2 is 1.83 bits per heavy atom. The smallest absolute Gasteiger partial charge is 0.133 e. The Morgan fingerprint density at radius 3 is 2.67 bits per heavy atom. The van der Waals surface area contributed by atoms with Crippen molar-refractivity contribution in [1.29, 1.82) is 0 Å². The van der Waals surface area contributed by atoms with Crippen molar-refractivity contribution in [3.63, 3.8) is 0 Å². The van der Waals surface area contributed by atoms with E-state index in [2.05, 4.69) is 16.4 Å². The first-order chi connectivity index (χ1) is 8.74. The molecule has 0 aromatic heterocycles. The summed E-state index contributed by atoms with van der Waals surface area (Å²) < 4.78 is 0. The average molecular weight is 277 g/mol. The summed E-state index contributed by atoms with van der Waals surface area (Å²) in [5.41, 5.74) is 3.23. The van der Waals surface area contributed by atoms with Crippen LogP contribution in [0.3, 0.4) is 0 Å². The lowest BCUT2D eigenvalue weighted by atomic mass is 10.1. The number of hydrogen-bond acceptors (Lipinski definition) is 2. The number of amidine groups is 1. The number of rotatable bonds is 1. The highest BCUT2D eigenvalue weighted by Gasteiger charge is 2.13. The number of hydrogen-bond donors (Lipinski definition) is 1. The maximum Gasteiger partial charge on any atom is 0.133 e. The molecule has 1 N–H and O–H groups in total. The zero-order valence-electron chi connectivity index (χ0n) is 9.45. The Bertz CT molecular complexity index is 635. The molecule has 1 aliphatic heterocycles. The van der Waals surface area contributed by atoms with Gasteiger partial charge >= 0.3 is 0 Å². The average Bonchev–Trinajstić information content (AvgIpc) is 2.41. The molecule has 4 heteroatoms. The third kappa shape index (κ3) is 2.09. The fraction of sp³-hybridized carbons (Fsp3) is 0.0714. The normalized spacial score (nSPS) is 13.6. The van der Waals surface area contributed by atoms with Crippen LogP contribution in [-0.2, 0) is 6.54 Å². The lowest BCUT2D eigenvalue weighted by Gasteiger charge is -2.18. The fourth-order valence-corrected chi connectivity index (χ4v) is 2.22. The minimum absolute atomic E-state index is 0.539. The van der Waals surface area contributed by atoms with Crippen molar-refractivity contribution < 1.29 is 0 Å². The second-order valence-electron chi connectivity index (χ2n) is 4.08. The molecule has 0 saturated carbocycles. The van der Waals surface area contributed by atoms with E-state index in [1.807, 2.05) is 30.3 Å². The topological polar surface area (TPSA) is 24.4 Å². The molecule has 0 fully saturated rings. The van der Waals surface area contributed by atoms with E-state index in [4.69, 9.17) is 23.2 Å². The van der Waals surface area contributed by atoms with E-state index in [0.29, 0.717) is 16.6 Å². The molecule has 2 aromatic carbocycles. The Kier molecular flexibility index (Phi) is 2.98. The molecule has 0 radical (unpaired) electrons. The zero-order chi connectivity index (χ0) is 12.5. The van der Waals surface area contributed by atoms with Crippen LogP contribution in [0.15, 0.2) is 47.5 Å². The molecular formula is C14H10Cl2N2. The Hall–Kier alpha value is -1.51. The summed E-state index contributed by atoms with van der Waals surface area (Å²) in [5, 5.41) is 4.40. The van der Waals surface area contributed by atoms with Crippen LogP contribution >= 0.6 is 23.2 Å².